The molecule has 84 valence electrons. The fourth-order valence-electron chi connectivity index (χ4n) is 2.74. The van der Waals surface area contributed by atoms with Crippen LogP contribution in [0.3, 0.4) is 0 Å². The SMILES string of the molecule is CCCC1CCC(CCCCBr)CC1. The lowest BCUT2D eigenvalue weighted by Crippen LogP contribution is -2.14. The summed E-state index contributed by atoms with van der Waals surface area (Å²) < 4.78 is 0. The Kier molecular flexibility index (Phi) is 6.93. The monoisotopic (exact) mass is 260 g/mol. The molecule has 1 aliphatic carbocycles. The molecule has 0 aliphatic heterocycles. The Bertz CT molecular complexity index is 125. The van der Waals surface area contributed by atoms with Crippen molar-refractivity contribution >= 4 is 15.9 Å². The van der Waals surface area contributed by atoms with E-state index in [4.69, 9.17) is 0 Å². The predicted octanol–water partition coefficient (Wildman–Crippen LogP) is 5.16. The first-order valence-electron chi connectivity index (χ1n) is 6.42. The minimum Gasteiger partial charge on any atom is -0.0928 e. The summed E-state index contributed by atoms with van der Waals surface area (Å²) in [5.74, 6) is 2.15. The normalized spacial score (nSPS) is 27.9. The van der Waals surface area contributed by atoms with E-state index < -0.39 is 0 Å². The van der Waals surface area contributed by atoms with Crippen LogP contribution in [0.5, 0.6) is 0 Å². The molecule has 1 aliphatic rings. The molecular weight excluding hydrogens is 236 g/mol. The third kappa shape index (κ3) is 4.82. The summed E-state index contributed by atoms with van der Waals surface area (Å²) in [5, 5.41) is 1.19. The van der Waals surface area contributed by atoms with E-state index in [0.717, 1.165) is 11.8 Å². The average molecular weight is 261 g/mol. The molecule has 0 saturated heterocycles. The molecular formula is C13H25Br. The van der Waals surface area contributed by atoms with Gasteiger partial charge in [0.15, 0.2) is 0 Å². The minimum absolute atomic E-state index is 1.07. The second-order valence-electron chi connectivity index (χ2n) is 4.86. The fourth-order valence-corrected chi connectivity index (χ4v) is 3.14. The Hall–Kier alpha value is 0.480. The molecule has 14 heavy (non-hydrogen) atoms. The van der Waals surface area contributed by atoms with Crippen LogP contribution in [0.15, 0.2) is 0 Å². The first-order chi connectivity index (χ1) is 6.86. The van der Waals surface area contributed by atoms with Crippen molar-refractivity contribution in [2.75, 3.05) is 5.33 Å². The Balaban J connectivity index is 2.03. The number of hydrogen-bond donors (Lipinski definition) is 0. The number of halogens is 1. The van der Waals surface area contributed by atoms with E-state index in [1.54, 1.807) is 0 Å². The molecule has 0 nitrogen and oxygen atoms in total. The molecule has 0 atom stereocenters. The zero-order valence-electron chi connectivity index (χ0n) is 9.60. The van der Waals surface area contributed by atoms with Gasteiger partial charge in [0.05, 0.1) is 0 Å². The van der Waals surface area contributed by atoms with Gasteiger partial charge in [-0.05, 0) is 18.3 Å². The van der Waals surface area contributed by atoms with Crippen LogP contribution < -0.4 is 0 Å². The van der Waals surface area contributed by atoms with Gasteiger partial charge < -0.3 is 0 Å². The van der Waals surface area contributed by atoms with Crippen molar-refractivity contribution in [3.05, 3.63) is 0 Å². The predicted molar refractivity (Wildman–Crippen MR) is 68.0 cm³/mol. The van der Waals surface area contributed by atoms with Crippen LogP contribution in [-0.4, -0.2) is 5.33 Å². The summed E-state index contributed by atoms with van der Waals surface area (Å²) in [6.07, 6.45) is 13.3. The number of alkyl halides is 1. The third-order valence-corrected chi connectivity index (χ3v) is 4.22. The highest BCUT2D eigenvalue weighted by molar-refractivity contribution is 9.09. The summed E-state index contributed by atoms with van der Waals surface area (Å²) in [5.41, 5.74) is 0. The molecule has 0 amide bonds. The smallest absolute Gasteiger partial charge is 0.00313 e. The molecule has 1 saturated carbocycles. The summed E-state index contributed by atoms with van der Waals surface area (Å²) in [6, 6.07) is 0. The van der Waals surface area contributed by atoms with E-state index in [9.17, 15) is 0 Å². The highest BCUT2D eigenvalue weighted by atomic mass is 79.9. The van der Waals surface area contributed by atoms with E-state index in [1.165, 1.54) is 63.1 Å². The van der Waals surface area contributed by atoms with Crippen LogP contribution in [0.2, 0.25) is 0 Å². The lowest BCUT2D eigenvalue weighted by Gasteiger charge is -2.28. The summed E-state index contributed by atoms with van der Waals surface area (Å²) in [7, 11) is 0. The highest BCUT2D eigenvalue weighted by Gasteiger charge is 2.19. The maximum Gasteiger partial charge on any atom is 0.00313 e. The first kappa shape index (κ1) is 12.5. The Morgan fingerprint density at radius 3 is 2.00 bits per heavy atom. The molecule has 0 aromatic rings. The van der Waals surface area contributed by atoms with Crippen LogP contribution in [0.25, 0.3) is 0 Å². The lowest BCUT2D eigenvalue weighted by atomic mass is 9.78. The van der Waals surface area contributed by atoms with Gasteiger partial charge in [0.1, 0.15) is 0 Å². The van der Waals surface area contributed by atoms with Crippen LogP contribution in [0.1, 0.15) is 64.7 Å². The van der Waals surface area contributed by atoms with E-state index in [0.29, 0.717) is 0 Å². The van der Waals surface area contributed by atoms with Gasteiger partial charge >= 0.3 is 0 Å². The molecule has 0 heterocycles. The summed E-state index contributed by atoms with van der Waals surface area (Å²) in [6.45, 7) is 2.32. The van der Waals surface area contributed by atoms with Crippen LogP contribution in [0.4, 0.5) is 0 Å². The maximum atomic E-state index is 3.50. The van der Waals surface area contributed by atoms with Crippen molar-refractivity contribution in [2.45, 2.75) is 64.7 Å². The van der Waals surface area contributed by atoms with Gasteiger partial charge in [-0.1, -0.05) is 74.2 Å². The van der Waals surface area contributed by atoms with Gasteiger partial charge in [-0.15, -0.1) is 0 Å². The summed E-state index contributed by atoms with van der Waals surface area (Å²) in [4.78, 5) is 0. The van der Waals surface area contributed by atoms with Crippen LogP contribution in [0, 0.1) is 11.8 Å². The molecule has 0 spiro atoms. The molecule has 0 bridgehead atoms. The molecule has 0 aromatic heterocycles. The second-order valence-corrected chi connectivity index (χ2v) is 5.65. The topological polar surface area (TPSA) is 0 Å². The zero-order valence-corrected chi connectivity index (χ0v) is 11.2. The largest absolute Gasteiger partial charge is 0.0928 e. The van der Waals surface area contributed by atoms with E-state index >= 15 is 0 Å². The van der Waals surface area contributed by atoms with Gasteiger partial charge in [0.25, 0.3) is 0 Å². The lowest BCUT2D eigenvalue weighted by molar-refractivity contribution is 0.249. The quantitative estimate of drug-likeness (QED) is 0.457. The molecule has 1 heteroatoms. The minimum atomic E-state index is 1.07. The zero-order chi connectivity index (χ0) is 10.2. The Labute approximate surface area is 98.0 Å². The van der Waals surface area contributed by atoms with Crippen LogP contribution in [-0.2, 0) is 0 Å². The van der Waals surface area contributed by atoms with Gasteiger partial charge in [0, 0.05) is 5.33 Å². The number of unbranched alkanes of at least 4 members (excludes halogenated alkanes) is 1. The number of rotatable bonds is 6. The van der Waals surface area contributed by atoms with Gasteiger partial charge in [-0.3, -0.25) is 0 Å². The summed E-state index contributed by atoms with van der Waals surface area (Å²) >= 11 is 3.50. The highest BCUT2D eigenvalue weighted by Crippen LogP contribution is 2.33. The molecule has 0 aromatic carbocycles. The van der Waals surface area contributed by atoms with E-state index in [2.05, 4.69) is 22.9 Å². The van der Waals surface area contributed by atoms with Crippen molar-refractivity contribution in [3.63, 3.8) is 0 Å². The Morgan fingerprint density at radius 1 is 0.929 bits per heavy atom. The maximum absolute atomic E-state index is 3.50. The van der Waals surface area contributed by atoms with E-state index in [1.807, 2.05) is 0 Å². The molecule has 0 radical (unpaired) electrons. The van der Waals surface area contributed by atoms with Gasteiger partial charge in [-0.25, -0.2) is 0 Å². The fraction of sp³-hybridized carbons (Fsp3) is 1.00. The van der Waals surface area contributed by atoms with Crippen molar-refractivity contribution in [2.24, 2.45) is 11.8 Å². The van der Waals surface area contributed by atoms with Gasteiger partial charge in [0.2, 0.25) is 0 Å². The average Bonchev–Trinajstić information content (AvgIpc) is 2.21. The standard InChI is InChI=1S/C13H25Br/c1-2-5-12-7-9-13(10-8-12)6-3-4-11-14/h12-13H,2-11H2,1H3. The Morgan fingerprint density at radius 2 is 1.50 bits per heavy atom. The second kappa shape index (κ2) is 7.73. The van der Waals surface area contributed by atoms with Crippen molar-refractivity contribution < 1.29 is 0 Å². The van der Waals surface area contributed by atoms with Gasteiger partial charge in [-0.2, -0.15) is 0 Å². The molecule has 0 unspecified atom stereocenters. The van der Waals surface area contributed by atoms with Crippen molar-refractivity contribution in [1.82, 2.24) is 0 Å². The van der Waals surface area contributed by atoms with Crippen molar-refractivity contribution in [3.8, 4) is 0 Å². The first-order valence-corrected chi connectivity index (χ1v) is 7.55. The molecule has 1 rings (SSSR count). The molecule has 1 fully saturated rings. The molecule has 0 N–H and O–H groups in total. The van der Waals surface area contributed by atoms with E-state index in [-0.39, 0.29) is 0 Å². The van der Waals surface area contributed by atoms with Crippen LogP contribution >= 0.6 is 15.9 Å². The third-order valence-electron chi connectivity index (χ3n) is 3.66. The number of hydrogen-bond acceptors (Lipinski definition) is 0. The van der Waals surface area contributed by atoms with Crippen molar-refractivity contribution in [1.29, 1.82) is 0 Å².